The predicted octanol–water partition coefficient (Wildman–Crippen LogP) is 1.43. The first-order valence-corrected chi connectivity index (χ1v) is 10.0. The fraction of sp³-hybridized carbons (Fsp3) is 0.286. The van der Waals surface area contributed by atoms with Crippen molar-refractivity contribution in [1.29, 1.82) is 0 Å². The molecule has 0 spiro atoms. The van der Waals surface area contributed by atoms with E-state index in [0.717, 1.165) is 4.90 Å². The lowest BCUT2D eigenvalue weighted by atomic mass is 10.2. The summed E-state index contributed by atoms with van der Waals surface area (Å²) in [5, 5.41) is 13.8. The zero-order valence-electron chi connectivity index (χ0n) is 17.9. The van der Waals surface area contributed by atoms with Gasteiger partial charge >= 0.3 is 5.76 Å². The average molecular weight is 455 g/mol. The minimum atomic E-state index is -0.590. The molecule has 12 nitrogen and oxygen atoms in total. The molecule has 1 aromatic heterocycles. The van der Waals surface area contributed by atoms with Crippen LogP contribution in [0, 0.1) is 10.1 Å². The molecule has 1 aliphatic heterocycles. The number of amides is 2. The van der Waals surface area contributed by atoms with Crippen LogP contribution in [0.25, 0.3) is 11.1 Å². The summed E-state index contributed by atoms with van der Waals surface area (Å²) in [5.74, 6) is -1.24. The number of carbonyl (C=O) groups is 2. The van der Waals surface area contributed by atoms with Crippen molar-refractivity contribution in [3.05, 3.63) is 57.1 Å². The van der Waals surface area contributed by atoms with E-state index in [1.807, 2.05) is 19.0 Å². The molecule has 0 saturated heterocycles. The number of nitrogens with zero attached hydrogens (tertiary/aromatic N) is 4. The van der Waals surface area contributed by atoms with Crippen LogP contribution in [0.1, 0.15) is 0 Å². The van der Waals surface area contributed by atoms with Crippen molar-refractivity contribution in [3.8, 4) is 5.75 Å². The highest BCUT2D eigenvalue weighted by molar-refractivity contribution is 6.05. The van der Waals surface area contributed by atoms with Crippen molar-refractivity contribution < 1.29 is 23.7 Å². The lowest BCUT2D eigenvalue weighted by molar-refractivity contribution is -0.384. The highest BCUT2D eigenvalue weighted by Crippen LogP contribution is 2.35. The van der Waals surface area contributed by atoms with Gasteiger partial charge in [0.15, 0.2) is 12.2 Å². The molecular formula is C21H21N5O7. The van der Waals surface area contributed by atoms with Crippen molar-refractivity contribution in [2.75, 3.05) is 44.0 Å². The number of hydrogen-bond donors (Lipinski definition) is 1. The van der Waals surface area contributed by atoms with Crippen LogP contribution in [-0.2, 0) is 16.1 Å². The molecular weight excluding hydrogens is 434 g/mol. The van der Waals surface area contributed by atoms with Crippen molar-refractivity contribution in [2.45, 2.75) is 6.54 Å². The molecule has 2 aromatic carbocycles. The first-order valence-electron chi connectivity index (χ1n) is 10.0. The van der Waals surface area contributed by atoms with Gasteiger partial charge in [0, 0.05) is 30.9 Å². The van der Waals surface area contributed by atoms with Crippen LogP contribution in [0.3, 0.4) is 0 Å². The predicted molar refractivity (Wildman–Crippen MR) is 119 cm³/mol. The SMILES string of the molecule is CN(C)CCn1c(=O)oc2ccc(NC(=O)CN3C(=O)COc4ccc([N+](=O)[O-])cc43)cc21. The molecule has 4 rings (SSSR count). The number of benzene rings is 2. The van der Waals surface area contributed by atoms with E-state index in [9.17, 15) is 24.5 Å². The third-order valence-corrected chi connectivity index (χ3v) is 5.12. The summed E-state index contributed by atoms with van der Waals surface area (Å²) < 4.78 is 12.0. The van der Waals surface area contributed by atoms with E-state index in [1.54, 1.807) is 18.2 Å². The molecule has 0 unspecified atom stereocenters. The number of nitro benzene ring substituents is 1. The molecule has 2 amide bonds. The summed E-state index contributed by atoms with van der Waals surface area (Å²) in [7, 11) is 3.78. The van der Waals surface area contributed by atoms with E-state index in [1.165, 1.54) is 22.8 Å². The number of oxazole rings is 1. The van der Waals surface area contributed by atoms with Crippen molar-refractivity contribution in [3.63, 3.8) is 0 Å². The molecule has 0 radical (unpaired) electrons. The number of likely N-dealkylation sites (N-methyl/N-ethyl adjacent to an activating group) is 1. The minimum absolute atomic E-state index is 0.151. The highest BCUT2D eigenvalue weighted by Gasteiger charge is 2.29. The molecule has 1 aliphatic rings. The smallest absolute Gasteiger partial charge is 0.419 e. The lowest BCUT2D eigenvalue weighted by Gasteiger charge is -2.28. The van der Waals surface area contributed by atoms with Gasteiger partial charge in [0.25, 0.3) is 11.6 Å². The first-order chi connectivity index (χ1) is 15.7. The zero-order chi connectivity index (χ0) is 23.7. The molecule has 1 N–H and O–H groups in total. The second kappa shape index (κ2) is 8.74. The van der Waals surface area contributed by atoms with Gasteiger partial charge in [-0.25, -0.2) is 4.79 Å². The third kappa shape index (κ3) is 4.55. The Balaban J connectivity index is 1.55. The Morgan fingerprint density at radius 2 is 2.00 bits per heavy atom. The zero-order valence-corrected chi connectivity index (χ0v) is 17.9. The fourth-order valence-electron chi connectivity index (χ4n) is 3.47. The van der Waals surface area contributed by atoms with Gasteiger partial charge in [0.1, 0.15) is 12.3 Å². The van der Waals surface area contributed by atoms with Crippen LogP contribution in [0.4, 0.5) is 17.1 Å². The van der Waals surface area contributed by atoms with E-state index in [2.05, 4.69) is 5.32 Å². The van der Waals surface area contributed by atoms with Crippen molar-refractivity contribution in [1.82, 2.24) is 9.47 Å². The summed E-state index contributed by atoms with van der Waals surface area (Å²) in [6, 6.07) is 8.64. The number of rotatable bonds is 7. The van der Waals surface area contributed by atoms with Gasteiger partial charge < -0.3 is 19.4 Å². The second-order valence-electron chi connectivity index (χ2n) is 7.73. The molecule has 0 aliphatic carbocycles. The maximum absolute atomic E-state index is 12.7. The maximum Gasteiger partial charge on any atom is 0.419 e. The van der Waals surface area contributed by atoms with Crippen LogP contribution in [-0.4, -0.2) is 60.0 Å². The first kappa shape index (κ1) is 22.0. The maximum atomic E-state index is 12.7. The fourth-order valence-corrected chi connectivity index (χ4v) is 3.47. The number of anilines is 2. The van der Waals surface area contributed by atoms with Gasteiger partial charge in [-0.3, -0.25) is 29.2 Å². The Morgan fingerprint density at radius 3 is 2.73 bits per heavy atom. The largest absolute Gasteiger partial charge is 0.482 e. The number of non-ortho nitro benzene ring substituents is 1. The molecule has 0 fully saturated rings. The van der Waals surface area contributed by atoms with Crippen LogP contribution in [0.2, 0.25) is 0 Å². The molecule has 12 heteroatoms. The normalized spacial score (nSPS) is 13.2. The number of nitrogens with one attached hydrogen (secondary N) is 1. The summed E-state index contributed by atoms with van der Waals surface area (Å²) in [6.45, 7) is 0.383. The Morgan fingerprint density at radius 1 is 1.21 bits per heavy atom. The molecule has 0 bridgehead atoms. The van der Waals surface area contributed by atoms with Crippen LogP contribution in [0.5, 0.6) is 5.75 Å². The summed E-state index contributed by atoms with van der Waals surface area (Å²) in [6.07, 6.45) is 0. The molecule has 0 atom stereocenters. The van der Waals surface area contributed by atoms with Gasteiger partial charge in [0.05, 0.1) is 16.1 Å². The monoisotopic (exact) mass is 455 g/mol. The van der Waals surface area contributed by atoms with E-state index in [4.69, 9.17) is 9.15 Å². The Labute approximate surface area is 187 Å². The highest BCUT2D eigenvalue weighted by atomic mass is 16.6. The topological polar surface area (TPSA) is 140 Å². The van der Waals surface area contributed by atoms with E-state index < -0.39 is 22.5 Å². The summed E-state index contributed by atoms with van der Waals surface area (Å²) in [5.41, 5.74) is 1.26. The molecule has 2 heterocycles. The number of aromatic nitrogens is 1. The second-order valence-corrected chi connectivity index (χ2v) is 7.73. The molecule has 172 valence electrons. The molecule has 3 aromatic rings. The number of nitro groups is 1. The average Bonchev–Trinajstić information content (AvgIpc) is 3.08. The Hall–Kier alpha value is -4.19. The molecule has 0 saturated carbocycles. The van der Waals surface area contributed by atoms with Crippen LogP contribution in [0.15, 0.2) is 45.6 Å². The summed E-state index contributed by atoms with van der Waals surface area (Å²) >= 11 is 0. The van der Waals surface area contributed by atoms with Gasteiger partial charge in [-0.05, 0) is 38.4 Å². The van der Waals surface area contributed by atoms with Crippen LogP contribution < -0.4 is 20.7 Å². The Kier molecular flexibility index (Phi) is 5.84. The van der Waals surface area contributed by atoms with E-state index in [0.29, 0.717) is 29.9 Å². The van der Waals surface area contributed by atoms with Crippen molar-refractivity contribution in [2.24, 2.45) is 0 Å². The van der Waals surface area contributed by atoms with Gasteiger partial charge in [0.2, 0.25) is 5.91 Å². The number of fused-ring (bicyclic) bond motifs is 2. The number of hydrogen-bond acceptors (Lipinski definition) is 8. The number of ether oxygens (including phenoxy) is 1. The number of carbonyl (C=O) groups excluding carboxylic acids is 2. The van der Waals surface area contributed by atoms with Gasteiger partial charge in [-0.15, -0.1) is 0 Å². The standard InChI is InChI=1S/C21H21N5O7/c1-23(2)7-8-24-15-9-13(3-5-18(15)33-21(24)29)22-19(27)11-25-16-10-14(26(30)31)4-6-17(16)32-12-20(25)28/h3-6,9-10H,7-8,11-12H2,1-2H3,(H,22,27). The molecule has 33 heavy (non-hydrogen) atoms. The summed E-state index contributed by atoms with van der Waals surface area (Å²) in [4.78, 5) is 50.8. The van der Waals surface area contributed by atoms with Crippen molar-refractivity contribution >= 4 is 40.0 Å². The minimum Gasteiger partial charge on any atom is -0.482 e. The van der Waals surface area contributed by atoms with Gasteiger partial charge in [-0.2, -0.15) is 0 Å². The quantitative estimate of drug-likeness (QED) is 0.417. The lowest BCUT2D eigenvalue weighted by Crippen LogP contribution is -2.43. The van der Waals surface area contributed by atoms with E-state index in [-0.39, 0.29) is 30.3 Å². The van der Waals surface area contributed by atoms with Crippen LogP contribution >= 0.6 is 0 Å². The third-order valence-electron chi connectivity index (χ3n) is 5.12. The van der Waals surface area contributed by atoms with Gasteiger partial charge in [-0.1, -0.05) is 0 Å². The van der Waals surface area contributed by atoms with E-state index >= 15 is 0 Å². The Bertz CT molecular complexity index is 1310.